The molecule has 2 aromatic carbocycles. The first kappa shape index (κ1) is 16.5. The van der Waals surface area contributed by atoms with Crippen LogP contribution in [0, 0.1) is 6.92 Å². The summed E-state index contributed by atoms with van der Waals surface area (Å²) in [5.74, 6) is 0.342. The maximum atomic E-state index is 12.2. The average Bonchev–Trinajstić information content (AvgIpc) is 3.03. The van der Waals surface area contributed by atoms with Crippen LogP contribution in [0.1, 0.15) is 21.7 Å². The van der Waals surface area contributed by atoms with Crippen LogP contribution in [0.15, 0.2) is 71.8 Å². The summed E-state index contributed by atoms with van der Waals surface area (Å²) in [4.78, 5) is 12.2. The summed E-state index contributed by atoms with van der Waals surface area (Å²) in [6, 6.07) is 20.9. The number of nitrogens with zero attached hydrogens (tertiary/aromatic N) is 2. The van der Waals surface area contributed by atoms with Crippen molar-refractivity contribution in [2.24, 2.45) is 5.10 Å². The molecule has 0 bridgehead atoms. The van der Waals surface area contributed by atoms with Crippen LogP contribution in [0.3, 0.4) is 0 Å². The number of carbonyl (C=O) groups excluding carboxylic acids is 1. The lowest BCUT2D eigenvalue weighted by atomic mass is 10.2. The maximum absolute atomic E-state index is 12.2. The minimum atomic E-state index is -0.287. The molecule has 0 unspecified atom stereocenters. The predicted molar refractivity (Wildman–Crippen MR) is 98.6 cm³/mol. The van der Waals surface area contributed by atoms with Crippen LogP contribution in [0.2, 0.25) is 0 Å². The zero-order valence-electron chi connectivity index (χ0n) is 14.1. The lowest BCUT2D eigenvalue weighted by Crippen LogP contribution is -2.17. The molecule has 3 rings (SSSR count). The number of carbonyl (C=O) groups is 1. The fraction of sp³-hybridized carbons (Fsp3) is 0.100. The van der Waals surface area contributed by atoms with Gasteiger partial charge in [-0.1, -0.05) is 24.3 Å². The summed E-state index contributed by atoms with van der Waals surface area (Å²) in [6.45, 7) is 2.03. The second-order valence-electron chi connectivity index (χ2n) is 5.50. The van der Waals surface area contributed by atoms with E-state index in [4.69, 9.17) is 4.74 Å². The fourth-order valence-corrected chi connectivity index (χ4v) is 2.58. The van der Waals surface area contributed by atoms with Gasteiger partial charge in [-0.3, -0.25) is 4.79 Å². The number of nitrogens with one attached hydrogen (secondary N) is 1. The molecule has 1 N–H and O–H groups in total. The van der Waals surface area contributed by atoms with Crippen molar-refractivity contribution in [3.8, 4) is 11.4 Å². The van der Waals surface area contributed by atoms with Gasteiger partial charge in [-0.2, -0.15) is 5.10 Å². The van der Waals surface area contributed by atoms with E-state index < -0.39 is 0 Å². The molecule has 5 nitrogen and oxygen atoms in total. The highest BCUT2D eigenvalue weighted by molar-refractivity contribution is 5.95. The summed E-state index contributed by atoms with van der Waals surface area (Å²) >= 11 is 0. The van der Waals surface area contributed by atoms with Gasteiger partial charge in [0, 0.05) is 16.9 Å². The number of para-hydroxylation sites is 1. The topological polar surface area (TPSA) is 55.6 Å². The van der Waals surface area contributed by atoms with Crippen LogP contribution in [0.4, 0.5) is 0 Å². The van der Waals surface area contributed by atoms with E-state index in [-0.39, 0.29) is 5.91 Å². The zero-order valence-corrected chi connectivity index (χ0v) is 14.1. The summed E-state index contributed by atoms with van der Waals surface area (Å²) in [5, 5.41) is 4.09. The number of hydrogen-bond acceptors (Lipinski definition) is 3. The standard InChI is InChI=1S/C20H19N3O2/c1-15-11-12-18(23(15)17-8-4-3-5-9-17)14-21-22-20(24)16-7-6-10-19(13-16)25-2/h3-14H,1-2H3,(H,22,24)/b21-14+. The van der Waals surface area contributed by atoms with Crippen molar-refractivity contribution in [1.29, 1.82) is 0 Å². The summed E-state index contributed by atoms with van der Waals surface area (Å²) in [7, 11) is 1.56. The van der Waals surface area contributed by atoms with E-state index in [1.807, 2.05) is 49.4 Å². The van der Waals surface area contributed by atoms with Crippen molar-refractivity contribution in [3.05, 3.63) is 83.7 Å². The molecule has 0 atom stereocenters. The van der Waals surface area contributed by atoms with E-state index in [2.05, 4.69) is 15.1 Å². The third-order valence-electron chi connectivity index (χ3n) is 3.82. The Labute approximate surface area is 146 Å². The Morgan fingerprint density at radius 2 is 1.88 bits per heavy atom. The van der Waals surface area contributed by atoms with Gasteiger partial charge in [0.2, 0.25) is 0 Å². The Morgan fingerprint density at radius 3 is 2.64 bits per heavy atom. The molecule has 3 aromatic rings. The van der Waals surface area contributed by atoms with Gasteiger partial charge in [-0.15, -0.1) is 0 Å². The fourth-order valence-electron chi connectivity index (χ4n) is 2.58. The predicted octanol–water partition coefficient (Wildman–Crippen LogP) is 3.56. The molecule has 0 aliphatic rings. The van der Waals surface area contributed by atoms with Gasteiger partial charge in [0.1, 0.15) is 5.75 Å². The maximum Gasteiger partial charge on any atom is 0.271 e. The number of hydrazone groups is 1. The SMILES string of the molecule is COc1cccc(C(=O)N/N=C/c2ccc(C)n2-c2ccccc2)c1. The number of aryl methyl sites for hydroxylation is 1. The van der Waals surface area contributed by atoms with E-state index in [0.29, 0.717) is 11.3 Å². The zero-order chi connectivity index (χ0) is 17.6. The molecule has 0 spiro atoms. The number of benzene rings is 2. The van der Waals surface area contributed by atoms with Crippen molar-refractivity contribution in [2.75, 3.05) is 7.11 Å². The second kappa shape index (κ2) is 7.49. The van der Waals surface area contributed by atoms with E-state index in [1.54, 1.807) is 37.6 Å². The number of methoxy groups -OCH3 is 1. The van der Waals surface area contributed by atoms with Crippen molar-refractivity contribution >= 4 is 12.1 Å². The number of rotatable bonds is 5. The van der Waals surface area contributed by atoms with E-state index >= 15 is 0 Å². The minimum Gasteiger partial charge on any atom is -0.497 e. The van der Waals surface area contributed by atoms with Gasteiger partial charge in [-0.05, 0) is 49.4 Å². The third-order valence-corrected chi connectivity index (χ3v) is 3.82. The highest BCUT2D eigenvalue weighted by Gasteiger charge is 2.07. The summed E-state index contributed by atoms with van der Waals surface area (Å²) in [5.41, 5.74) is 6.06. The molecule has 0 aliphatic heterocycles. The Morgan fingerprint density at radius 1 is 1.08 bits per heavy atom. The smallest absolute Gasteiger partial charge is 0.271 e. The van der Waals surface area contributed by atoms with Crippen LogP contribution < -0.4 is 10.2 Å². The van der Waals surface area contributed by atoms with Gasteiger partial charge >= 0.3 is 0 Å². The Kier molecular flexibility index (Phi) is 4.95. The lowest BCUT2D eigenvalue weighted by molar-refractivity contribution is 0.0955. The van der Waals surface area contributed by atoms with Gasteiger partial charge in [0.15, 0.2) is 0 Å². The molecule has 0 aliphatic carbocycles. The van der Waals surface area contributed by atoms with Gasteiger partial charge in [0.25, 0.3) is 5.91 Å². The number of amides is 1. The summed E-state index contributed by atoms with van der Waals surface area (Å²) in [6.07, 6.45) is 1.64. The molecule has 1 heterocycles. The van der Waals surface area contributed by atoms with Crippen LogP contribution in [0.25, 0.3) is 5.69 Å². The first-order valence-corrected chi connectivity index (χ1v) is 7.90. The Balaban J connectivity index is 1.76. The molecule has 5 heteroatoms. The van der Waals surface area contributed by atoms with Crippen molar-refractivity contribution in [1.82, 2.24) is 9.99 Å². The highest BCUT2D eigenvalue weighted by atomic mass is 16.5. The molecule has 126 valence electrons. The molecule has 0 saturated carbocycles. The first-order chi connectivity index (χ1) is 12.2. The van der Waals surface area contributed by atoms with E-state index in [9.17, 15) is 4.79 Å². The molecule has 25 heavy (non-hydrogen) atoms. The molecular formula is C20H19N3O2. The normalized spacial score (nSPS) is 10.8. The molecular weight excluding hydrogens is 314 g/mol. The number of ether oxygens (including phenoxy) is 1. The van der Waals surface area contributed by atoms with Crippen molar-refractivity contribution < 1.29 is 9.53 Å². The summed E-state index contributed by atoms with van der Waals surface area (Å²) < 4.78 is 7.20. The first-order valence-electron chi connectivity index (χ1n) is 7.90. The molecule has 1 amide bonds. The lowest BCUT2D eigenvalue weighted by Gasteiger charge is -2.09. The van der Waals surface area contributed by atoms with E-state index in [1.165, 1.54) is 0 Å². The second-order valence-corrected chi connectivity index (χ2v) is 5.50. The quantitative estimate of drug-likeness (QED) is 0.573. The van der Waals surface area contributed by atoms with Gasteiger partial charge in [0.05, 0.1) is 19.0 Å². The monoisotopic (exact) mass is 333 g/mol. The van der Waals surface area contributed by atoms with Gasteiger partial charge < -0.3 is 9.30 Å². The van der Waals surface area contributed by atoms with Crippen molar-refractivity contribution in [2.45, 2.75) is 6.92 Å². The molecule has 0 saturated heterocycles. The minimum absolute atomic E-state index is 0.287. The third kappa shape index (κ3) is 3.77. The Bertz CT molecular complexity index is 898. The van der Waals surface area contributed by atoms with E-state index in [0.717, 1.165) is 17.1 Å². The molecule has 0 fully saturated rings. The molecule has 0 radical (unpaired) electrons. The molecule has 1 aromatic heterocycles. The number of aromatic nitrogens is 1. The van der Waals surface area contributed by atoms with Crippen LogP contribution in [-0.2, 0) is 0 Å². The van der Waals surface area contributed by atoms with Crippen molar-refractivity contribution in [3.63, 3.8) is 0 Å². The highest BCUT2D eigenvalue weighted by Crippen LogP contribution is 2.15. The van der Waals surface area contributed by atoms with Crippen LogP contribution in [0.5, 0.6) is 5.75 Å². The number of hydrogen-bond donors (Lipinski definition) is 1. The largest absolute Gasteiger partial charge is 0.497 e. The Hall–Kier alpha value is -3.34. The van der Waals surface area contributed by atoms with Crippen LogP contribution >= 0.6 is 0 Å². The average molecular weight is 333 g/mol. The van der Waals surface area contributed by atoms with Gasteiger partial charge in [-0.25, -0.2) is 5.43 Å². The van der Waals surface area contributed by atoms with Crippen LogP contribution in [-0.4, -0.2) is 23.8 Å².